The predicted octanol–water partition coefficient (Wildman–Crippen LogP) is 6.81. The van der Waals surface area contributed by atoms with Gasteiger partial charge in [0.05, 0.1) is 12.6 Å². The molecule has 190 valence electrons. The highest BCUT2D eigenvalue weighted by Crippen LogP contribution is 2.46. The van der Waals surface area contributed by atoms with E-state index in [2.05, 4.69) is 17.1 Å². The number of aryl methyl sites for hydroxylation is 1. The summed E-state index contributed by atoms with van der Waals surface area (Å²) >= 11 is 6.38. The highest BCUT2D eigenvalue weighted by molar-refractivity contribution is 6.31. The molecule has 5 rings (SSSR count). The lowest BCUT2D eigenvalue weighted by molar-refractivity contribution is 0.0730. The first-order valence-electron chi connectivity index (χ1n) is 12.2. The second-order valence-electron chi connectivity index (χ2n) is 9.21. The number of unbranched alkanes of at least 4 members (excludes halogenated alkanes) is 1. The van der Waals surface area contributed by atoms with Gasteiger partial charge in [0.2, 0.25) is 0 Å². The van der Waals surface area contributed by atoms with E-state index in [0.717, 1.165) is 35.3 Å². The van der Waals surface area contributed by atoms with Gasteiger partial charge < -0.3 is 14.7 Å². The average Bonchev–Trinajstić information content (AvgIpc) is 3.42. The summed E-state index contributed by atoms with van der Waals surface area (Å²) in [6.07, 6.45) is 2.01. The SMILES string of the molecule is CCCCOc1ccc(C2c3c(-c4cc(Cl)c(C)cc4O)n[nH]c3C(=O)N2Cc2ccc(F)cc2)cc1. The highest BCUT2D eigenvalue weighted by atomic mass is 35.5. The number of aromatic amines is 1. The average molecular weight is 520 g/mol. The van der Waals surface area contributed by atoms with Crippen LogP contribution in [0.1, 0.15) is 58.5 Å². The number of phenolic OH excluding ortho intramolecular Hbond substituents is 1. The fraction of sp³-hybridized carbons (Fsp3) is 0.241. The second-order valence-corrected chi connectivity index (χ2v) is 9.62. The number of hydrogen-bond acceptors (Lipinski definition) is 4. The van der Waals surface area contributed by atoms with E-state index >= 15 is 0 Å². The summed E-state index contributed by atoms with van der Waals surface area (Å²) in [4.78, 5) is 15.3. The lowest BCUT2D eigenvalue weighted by atomic mass is 9.95. The zero-order valence-electron chi connectivity index (χ0n) is 20.6. The maximum Gasteiger partial charge on any atom is 0.273 e. The molecule has 1 unspecified atom stereocenters. The largest absolute Gasteiger partial charge is 0.507 e. The van der Waals surface area contributed by atoms with Gasteiger partial charge in [-0.05, 0) is 66.4 Å². The third kappa shape index (κ3) is 4.79. The van der Waals surface area contributed by atoms with Gasteiger partial charge in [0, 0.05) is 22.7 Å². The topological polar surface area (TPSA) is 78.5 Å². The number of carbonyl (C=O) groups is 1. The molecule has 1 aromatic heterocycles. The Labute approximate surface area is 219 Å². The van der Waals surface area contributed by atoms with Gasteiger partial charge in [-0.3, -0.25) is 9.89 Å². The first-order valence-corrected chi connectivity index (χ1v) is 12.6. The number of benzene rings is 3. The van der Waals surface area contributed by atoms with E-state index in [4.69, 9.17) is 16.3 Å². The van der Waals surface area contributed by atoms with Crippen molar-refractivity contribution < 1.29 is 19.0 Å². The first kappa shape index (κ1) is 24.8. The number of amides is 1. The molecule has 6 nitrogen and oxygen atoms in total. The zero-order valence-corrected chi connectivity index (χ0v) is 21.3. The summed E-state index contributed by atoms with van der Waals surface area (Å²) in [6, 6.07) is 16.5. The van der Waals surface area contributed by atoms with Crippen LogP contribution in [-0.4, -0.2) is 32.7 Å². The van der Waals surface area contributed by atoms with E-state index < -0.39 is 6.04 Å². The Morgan fingerprint density at radius 1 is 1.14 bits per heavy atom. The Morgan fingerprint density at radius 3 is 2.57 bits per heavy atom. The molecule has 0 fully saturated rings. The zero-order chi connectivity index (χ0) is 26.1. The fourth-order valence-corrected chi connectivity index (χ4v) is 4.80. The van der Waals surface area contributed by atoms with Crippen molar-refractivity contribution in [1.82, 2.24) is 15.1 Å². The summed E-state index contributed by atoms with van der Waals surface area (Å²) in [7, 11) is 0. The number of halogens is 2. The van der Waals surface area contributed by atoms with Gasteiger partial charge >= 0.3 is 0 Å². The molecule has 0 bridgehead atoms. The summed E-state index contributed by atoms with van der Waals surface area (Å²) < 4.78 is 19.4. The van der Waals surface area contributed by atoms with Crippen LogP contribution in [-0.2, 0) is 6.54 Å². The van der Waals surface area contributed by atoms with Crippen LogP contribution in [0.15, 0.2) is 60.7 Å². The molecule has 0 aliphatic carbocycles. The molecule has 8 heteroatoms. The number of nitrogens with zero attached hydrogens (tertiary/aromatic N) is 2. The molecule has 1 aliphatic rings. The predicted molar refractivity (Wildman–Crippen MR) is 140 cm³/mol. The van der Waals surface area contributed by atoms with Gasteiger partial charge in [-0.1, -0.05) is 49.2 Å². The molecule has 0 saturated heterocycles. The molecule has 0 spiro atoms. The van der Waals surface area contributed by atoms with E-state index in [1.165, 1.54) is 12.1 Å². The highest BCUT2D eigenvalue weighted by Gasteiger charge is 2.42. The second kappa shape index (κ2) is 10.3. The van der Waals surface area contributed by atoms with E-state index in [0.29, 0.717) is 34.1 Å². The molecule has 37 heavy (non-hydrogen) atoms. The fourth-order valence-electron chi connectivity index (χ4n) is 4.63. The minimum atomic E-state index is -0.495. The number of carbonyl (C=O) groups excluding carboxylic acids is 1. The third-order valence-corrected chi connectivity index (χ3v) is 7.03. The van der Waals surface area contributed by atoms with Crippen LogP contribution in [0.4, 0.5) is 4.39 Å². The quantitative estimate of drug-likeness (QED) is 0.251. The van der Waals surface area contributed by atoms with Crippen molar-refractivity contribution >= 4 is 17.5 Å². The van der Waals surface area contributed by atoms with Crippen LogP contribution >= 0.6 is 11.6 Å². The van der Waals surface area contributed by atoms with Crippen molar-refractivity contribution in [2.45, 2.75) is 39.3 Å². The molecule has 1 amide bonds. The molecule has 0 radical (unpaired) electrons. The first-order chi connectivity index (χ1) is 17.9. The molecule has 1 atom stereocenters. The van der Waals surface area contributed by atoms with Crippen LogP contribution in [0.2, 0.25) is 5.02 Å². The minimum absolute atomic E-state index is 0.0269. The number of H-pyrrole nitrogens is 1. The number of aromatic nitrogens is 2. The lowest BCUT2D eigenvalue weighted by Crippen LogP contribution is -2.29. The Balaban J connectivity index is 1.59. The number of rotatable bonds is 8. The summed E-state index contributed by atoms with van der Waals surface area (Å²) in [5.74, 6) is 0.209. The van der Waals surface area contributed by atoms with Gasteiger partial charge in [-0.15, -0.1) is 0 Å². The van der Waals surface area contributed by atoms with Crippen LogP contribution < -0.4 is 4.74 Å². The van der Waals surface area contributed by atoms with Crippen LogP contribution in [0, 0.1) is 12.7 Å². The number of nitrogens with one attached hydrogen (secondary N) is 1. The van der Waals surface area contributed by atoms with Crippen LogP contribution in [0.3, 0.4) is 0 Å². The molecular formula is C29H27ClFN3O3. The summed E-state index contributed by atoms with van der Waals surface area (Å²) in [5.41, 5.74) is 4.28. The van der Waals surface area contributed by atoms with Gasteiger partial charge in [0.1, 0.15) is 28.7 Å². The van der Waals surface area contributed by atoms with E-state index in [-0.39, 0.29) is 24.0 Å². The van der Waals surface area contributed by atoms with Crippen molar-refractivity contribution in [2.75, 3.05) is 6.61 Å². The molecule has 1 aliphatic heterocycles. The molecule has 2 heterocycles. The number of hydrogen-bond donors (Lipinski definition) is 2. The van der Waals surface area contributed by atoms with Crippen molar-refractivity contribution in [3.63, 3.8) is 0 Å². The number of ether oxygens (including phenoxy) is 1. The number of fused-ring (bicyclic) bond motifs is 1. The van der Waals surface area contributed by atoms with E-state index in [9.17, 15) is 14.3 Å². The summed E-state index contributed by atoms with van der Waals surface area (Å²) in [6.45, 7) is 4.82. The standard InChI is InChI=1S/C29H27ClFN3O3/c1-3-4-13-37-21-11-7-19(8-12-21)28-25-26(22-15-23(30)17(2)14-24(22)35)32-33-27(25)29(36)34(28)16-18-5-9-20(31)10-6-18/h5-12,14-15,28,35H,3-4,13,16H2,1-2H3,(H,32,33). The lowest BCUT2D eigenvalue weighted by Gasteiger charge is -2.27. The van der Waals surface area contributed by atoms with E-state index in [1.807, 2.05) is 31.2 Å². The van der Waals surface area contributed by atoms with Crippen molar-refractivity contribution in [2.24, 2.45) is 0 Å². The Morgan fingerprint density at radius 2 is 1.86 bits per heavy atom. The van der Waals surface area contributed by atoms with Gasteiger partial charge in [0.15, 0.2) is 0 Å². The van der Waals surface area contributed by atoms with Gasteiger partial charge in [-0.2, -0.15) is 5.10 Å². The van der Waals surface area contributed by atoms with Crippen LogP contribution in [0.25, 0.3) is 11.3 Å². The monoisotopic (exact) mass is 519 g/mol. The molecule has 2 N–H and O–H groups in total. The minimum Gasteiger partial charge on any atom is -0.507 e. The Hall–Kier alpha value is -3.84. The Kier molecular flexibility index (Phi) is 6.89. The van der Waals surface area contributed by atoms with E-state index in [1.54, 1.807) is 29.2 Å². The Bertz CT molecular complexity index is 1430. The number of phenols is 1. The van der Waals surface area contributed by atoms with Gasteiger partial charge in [0.25, 0.3) is 5.91 Å². The van der Waals surface area contributed by atoms with Crippen molar-refractivity contribution in [1.29, 1.82) is 0 Å². The van der Waals surface area contributed by atoms with Crippen LogP contribution in [0.5, 0.6) is 11.5 Å². The van der Waals surface area contributed by atoms with Gasteiger partial charge in [-0.25, -0.2) is 4.39 Å². The van der Waals surface area contributed by atoms with Crippen molar-refractivity contribution in [3.05, 3.63) is 99.5 Å². The molecule has 3 aromatic carbocycles. The maximum atomic E-state index is 13.6. The molecular weight excluding hydrogens is 493 g/mol. The smallest absolute Gasteiger partial charge is 0.273 e. The molecule has 4 aromatic rings. The third-order valence-electron chi connectivity index (χ3n) is 6.62. The van der Waals surface area contributed by atoms with Crippen molar-refractivity contribution in [3.8, 4) is 22.8 Å². The maximum absolute atomic E-state index is 13.6. The normalized spacial score (nSPS) is 14.8. The summed E-state index contributed by atoms with van der Waals surface area (Å²) in [5, 5.41) is 18.5. The number of aromatic hydroxyl groups is 1. The molecule has 0 saturated carbocycles.